The zero-order valence-corrected chi connectivity index (χ0v) is 12.8. The van der Waals surface area contributed by atoms with E-state index in [-0.39, 0.29) is 23.6 Å². The second-order valence-electron chi connectivity index (χ2n) is 5.89. The SMILES string of the molecule is CN(CCS(C)(=O)=O)C(=O)CC1(CN)CCCCC1. The zero-order valence-electron chi connectivity index (χ0n) is 12.0. The van der Waals surface area contributed by atoms with Gasteiger partial charge in [-0.15, -0.1) is 0 Å². The molecule has 1 rings (SSSR count). The predicted octanol–water partition coefficient (Wildman–Crippen LogP) is 0.789. The molecule has 112 valence electrons. The van der Waals surface area contributed by atoms with Crippen LogP contribution < -0.4 is 5.73 Å². The smallest absolute Gasteiger partial charge is 0.222 e. The van der Waals surface area contributed by atoms with Gasteiger partial charge in [-0.2, -0.15) is 0 Å². The van der Waals surface area contributed by atoms with Gasteiger partial charge in [-0.1, -0.05) is 19.3 Å². The number of rotatable bonds is 6. The fourth-order valence-corrected chi connectivity index (χ4v) is 3.24. The summed E-state index contributed by atoms with van der Waals surface area (Å²) in [5.74, 6) is 0.0289. The molecular formula is C13H26N2O3S. The highest BCUT2D eigenvalue weighted by Crippen LogP contribution is 2.38. The Labute approximate surface area is 116 Å². The Balaban J connectivity index is 2.52. The molecule has 0 aromatic heterocycles. The van der Waals surface area contributed by atoms with E-state index in [1.54, 1.807) is 7.05 Å². The molecule has 0 aromatic rings. The third kappa shape index (κ3) is 5.48. The quantitative estimate of drug-likeness (QED) is 0.784. The summed E-state index contributed by atoms with van der Waals surface area (Å²) in [4.78, 5) is 13.7. The lowest BCUT2D eigenvalue weighted by molar-refractivity contribution is -0.132. The maximum Gasteiger partial charge on any atom is 0.222 e. The van der Waals surface area contributed by atoms with Crippen LogP contribution in [0.1, 0.15) is 38.5 Å². The van der Waals surface area contributed by atoms with Gasteiger partial charge in [0.25, 0.3) is 0 Å². The van der Waals surface area contributed by atoms with Crippen LogP contribution in [0.15, 0.2) is 0 Å². The van der Waals surface area contributed by atoms with Gasteiger partial charge in [0, 0.05) is 26.3 Å². The Morgan fingerprint density at radius 1 is 1.26 bits per heavy atom. The summed E-state index contributed by atoms with van der Waals surface area (Å²) in [6.45, 7) is 0.803. The van der Waals surface area contributed by atoms with Crippen LogP contribution in [0.3, 0.4) is 0 Å². The molecule has 0 saturated heterocycles. The molecule has 0 aliphatic heterocycles. The zero-order chi connectivity index (χ0) is 14.5. The van der Waals surface area contributed by atoms with Crippen LogP contribution in [0, 0.1) is 5.41 Å². The van der Waals surface area contributed by atoms with Gasteiger partial charge in [0.15, 0.2) is 0 Å². The van der Waals surface area contributed by atoms with Crippen molar-refractivity contribution < 1.29 is 13.2 Å². The summed E-state index contributed by atoms with van der Waals surface area (Å²) >= 11 is 0. The van der Waals surface area contributed by atoms with Gasteiger partial charge in [-0.3, -0.25) is 4.79 Å². The molecule has 2 N–H and O–H groups in total. The van der Waals surface area contributed by atoms with Crippen molar-refractivity contribution in [2.75, 3.05) is 32.1 Å². The van der Waals surface area contributed by atoms with Crippen molar-refractivity contribution >= 4 is 15.7 Å². The van der Waals surface area contributed by atoms with Crippen molar-refractivity contribution in [1.29, 1.82) is 0 Å². The van der Waals surface area contributed by atoms with E-state index in [9.17, 15) is 13.2 Å². The summed E-state index contributed by atoms with van der Waals surface area (Å²) in [6.07, 6.45) is 7.15. The van der Waals surface area contributed by atoms with E-state index in [0.717, 1.165) is 25.7 Å². The van der Waals surface area contributed by atoms with E-state index >= 15 is 0 Å². The molecule has 5 nitrogen and oxygen atoms in total. The van der Waals surface area contributed by atoms with Crippen LogP contribution in [-0.4, -0.2) is 51.4 Å². The van der Waals surface area contributed by atoms with Gasteiger partial charge in [0.05, 0.1) is 5.75 Å². The molecule has 19 heavy (non-hydrogen) atoms. The average Bonchev–Trinajstić information content (AvgIpc) is 2.36. The standard InChI is InChI=1S/C13H26N2O3S/c1-15(8-9-19(2,17)18)12(16)10-13(11-14)6-4-3-5-7-13/h3-11,14H2,1-2H3. The third-order valence-corrected chi connectivity index (χ3v) is 5.02. The fourth-order valence-electron chi connectivity index (χ4n) is 2.64. The monoisotopic (exact) mass is 290 g/mol. The van der Waals surface area contributed by atoms with Gasteiger partial charge >= 0.3 is 0 Å². The van der Waals surface area contributed by atoms with Gasteiger partial charge < -0.3 is 10.6 Å². The van der Waals surface area contributed by atoms with Crippen LogP contribution >= 0.6 is 0 Å². The second-order valence-corrected chi connectivity index (χ2v) is 8.15. The highest BCUT2D eigenvalue weighted by Gasteiger charge is 2.33. The molecule has 0 aromatic carbocycles. The Bertz CT molecular complexity index is 400. The van der Waals surface area contributed by atoms with Gasteiger partial charge in [-0.05, 0) is 24.8 Å². The van der Waals surface area contributed by atoms with Gasteiger partial charge in [-0.25, -0.2) is 8.42 Å². The summed E-state index contributed by atoms with van der Waals surface area (Å²) in [7, 11) is -1.36. The van der Waals surface area contributed by atoms with Crippen molar-refractivity contribution in [3.63, 3.8) is 0 Å². The number of hydrogen-bond acceptors (Lipinski definition) is 4. The summed E-state index contributed by atoms with van der Waals surface area (Å²) in [5.41, 5.74) is 5.80. The Kier molecular flexibility index (Phi) is 5.80. The van der Waals surface area contributed by atoms with Crippen molar-refractivity contribution in [3.05, 3.63) is 0 Å². The molecule has 0 bridgehead atoms. The van der Waals surface area contributed by atoms with E-state index in [1.807, 2.05) is 0 Å². The molecule has 6 heteroatoms. The van der Waals surface area contributed by atoms with Crippen LogP contribution in [0.2, 0.25) is 0 Å². The lowest BCUT2D eigenvalue weighted by Crippen LogP contribution is -2.40. The topological polar surface area (TPSA) is 80.5 Å². The average molecular weight is 290 g/mol. The van der Waals surface area contributed by atoms with Crippen LogP contribution in [0.25, 0.3) is 0 Å². The molecular weight excluding hydrogens is 264 g/mol. The van der Waals surface area contributed by atoms with Crippen molar-refractivity contribution in [2.45, 2.75) is 38.5 Å². The van der Waals surface area contributed by atoms with Gasteiger partial charge in [0.2, 0.25) is 5.91 Å². The summed E-state index contributed by atoms with van der Waals surface area (Å²) in [6, 6.07) is 0. The number of carbonyl (C=O) groups is 1. The third-order valence-electron chi connectivity index (χ3n) is 4.10. The molecule has 1 fully saturated rings. The highest BCUT2D eigenvalue weighted by atomic mass is 32.2. The number of sulfone groups is 1. The summed E-state index contributed by atoms with van der Waals surface area (Å²) < 4.78 is 22.2. The number of nitrogens with zero attached hydrogens (tertiary/aromatic N) is 1. The highest BCUT2D eigenvalue weighted by molar-refractivity contribution is 7.90. The fraction of sp³-hybridized carbons (Fsp3) is 0.923. The second kappa shape index (κ2) is 6.70. The van der Waals surface area contributed by atoms with E-state index in [2.05, 4.69) is 0 Å². The normalized spacial score (nSPS) is 19.1. The molecule has 0 heterocycles. The number of hydrogen-bond donors (Lipinski definition) is 1. The molecule has 0 atom stereocenters. The number of amides is 1. The molecule has 0 spiro atoms. The lowest BCUT2D eigenvalue weighted by atomic mass is 9.71. The number of carbonyl (C=O) groups excluding carboxylic acids is 1. The van der Waals surface area contributed by atoms with Crippen molar-refractivity contribution in [1.82, 2.24) is 4.90 Å². The minimum absolute atomic E-state index is 0.0102. The van der Waals surface area contributed by atoms with Crippen molar-refractivity contribution in [2.24, 2.45) is 11.1 Å². The van der Waals surface area contributed by atoms with E-state index < -0.39 is 9.84 Å². The molecule has 1 aliphatic carbocycles. The van der Waals surface area contributed by atoms with Crippen LogP contribution in [-0.2, 0) is 14.6 Å². The van der Waals surface area contributed by atoms with Crippen LogP contribution in [0.4, 0.5) is 0 Å². The van der Waals surface area contributed by atoms with Crippen LogP contribution in [0.5, 0.6) is 0 Å². The Morgan fingerprint density at radius 3 is 2.32 bits per heavy atom. The molecule has 1 saturated carbocycles. The first-order valence-corrected chi connectivity index (χ1v) is 8.96. The molecule has 1 aliphatic rings. The lowest BCUT2D eigenvalue weighted by Gasteiger charge is -2.36. The number of nitrogens with two attached hydrogens (primary N) is 1. The molecule has 1 amide bonds. The van der Waals surface area contributed by atoms with Gasteiger partial charge in [0.1, 0.15) is 9.84 Å². The first-order chi connectivity index (χ1) is 8.78. The van der Waals surface area contributed by atoms with Crippen molar-refractivity contribution in [3.8, 4) is 0 Å². The minimum atomic E-state index is -3.03. The van der Waals surface area contributed by atoms with E-state index in [1.165, 1.54) is 17.6 Å². The first kappa shape index (κ1) is 16.4. The Morgan fingerprint density at radius 2 is 1.84 bits per heavy atom. The van der Waals surface area contributed by atoms with E-state index in [4.69, 9.17) is 5.73 Å². The minimum Gasteiger partial charge on any atom is -0.345 e. The summed E-state index contributed by atoms with van der Waals surface area (Å²) in [5, 5.41) is 0. The van der Waals surface area contributed by atoms with E-state index in [0.29, 0.717) is 13.0 Å². The largest absolute Gasteiger partial charge is 0.345 e. The maximum atomic E-state index is 12.2. The predicted molar refractivity (Wildman–Crippen MR) is 76.5 cm³/mol. The Hall–Kier alpha value is -0.620. The molecule has 0 radical (unpaired) electrons. The molecule has 0 unspecified atom stereocenters. The first-order valence-electron chi connectivity index (χ1n) is 6.90. The maximum absolute atomic E-state index is 12.2.